The molecule has 0 fully saturated rings. The molecule has 0 aliphatic heterocycles. The number of halogens is 2. The molecule has 0 bridgehead atoms. The van der Waals surface area contributed by atoms with E-state index in [1.54, 1.807) is 19.2 Å². The Hall–Kier alpha value is -1.69. The summed E-state index contributed by atoms with van der Waals surface area (Å²) in [5.74, 6) is -0.204. The smallest absolute Gasteiger partial charge is 0.284 e. The van der Waals surface area contributed by atoms with Crippen LogP contribution in [0.1, 0.15) is 17.1 Å². The van der Waals surface area contributed by atoms with Gasteiger partial charge < -0.3 is 14.5 Å². The molecule has 0 spiro atoms. The molecule has 1 N–H and O–H groups in total. The zero-order chi connectivity index (χ0) is 15.2. The number of benzene rings is 1. The van der Waals surface area contributed by atoms with Crippen LogP contribution in [0.15, 0.2) is 34.7 Å². The Morgan fingerprint density at radius 2 is 2.00 bits per heavy atom. The largest absolute Gasteiger partial charge is 0.495 e. The number of aryl methyl sites for hydroxylation is 1. The maximum absolute atomic E-state index is 12.1. The number of furan rings is 1. The lowest BCUT2D eigenvalue weighted by Gasteiger charge is -2.10. The van der Waals surface area contributed by atoms with Crippen LogP contribution in [-0.4, -0.2) is 12.9 Å². The number of anilines is 1. The van der Waals surface area contributed by atoms with Crippen molar-refractivity contribution in [2.45, 2.75) is 25.0 Å². The maximum atomic E-state index is 12.1. The molecule has 0 unspecified atom stereocenters. The summed E-state index contributed by atoms with van der Waals surface area (Å²) in [5.41, 5.74) is 1.98. The van der Waals surface area contributed by atoms with Crippen molar-refractivity contribution < 1.29 is 17.9 Å². The summed E-state index contributed by atoms with van der Waals surface area (Å²) >= 11 is 0.552. The minimum Gasteiger partial charge on any atom is -0.495 e. The number of hydrogen-bond donors (Lipinski definition) is 1. The Balaban J connectivity index is 1.94. The monoisotopic (exact) mass is 313 g/mol. The first-order chi connectivity index (χ1) is 10.1. The number of alkyl halides is 2. The molecule has 1 heterocycles. The summed E-state index contributed by atoms with van der Waals surface area (Å²) in [4.78, 5) is 0. The standard InChI is InChI=1S/C15H17F2NO2S/c1-10-3-6-13(14(7-10)19-2)18-8-11-4-5-12(20-11)9-21-15(16)17/h3-7,15,18H,8-9H2,1-2H3. The first-order valence-corrected chi connectivity index (χ1v) is 7.49. The molecule has 21 heavy (non-hydrogen) atoms. The van der Waals surface area contributed by atoms with Gasteiger partial charge in [0.1, 0.15) is 17.3 Å². The molecular weight excluding hydrogens is 296 g/mol. The summed E-state index contributed by atoms with van der Waals surface area (Å²) < 4.78 is 35.0. The van der Waals surface area contributed by atoms with Gasteiger partial charge in [-0.15, -0.1) is 0 Å². The molecule has 0 aliphatic carbocycles. The summed E-state index contributed by atoms with van der Waals surface area (Å²) in [6.07, 6.45) is 0. The molecule has 0 saturated carbocycles. The average molecular weight is 313 g/mol. The first-order valence-electron chi connectivity index (χ1n) is 6.44. The number of methoxy groups -OCH3 is 1. The van der Waals surface area contributed by atoms with Gasteiger partial charge in [-0.3, -0.25) is 0 Å². The molecule has 0 aliphatic rings. The van der Waals surface area contributed by atoms with E-state index < -0.39 is 5.76 Å². The van der Waals surface area contributed by atoms with Crippen LogP contribution >= 0.6 is 11.8 Å². The number of hydrogen-bond acceptors (Lipinski definition) is 4. The predicted octanol–water partition coefficient (Wildman–Crippen LogP) is 4.66. The van der Waals surface area contributed by atoms with Crippen LogP contribution in [-0.2, 0) is 12.3 Å². The Bertz CT molecular complexity index is 587. The van der Waals surface area contributed by atoms with Gasteiger partial charge in [0.25, 0.3) is 5.76 Å². The second-order valence-corrected chi connectivity index (χ2v) is 5.48. The highest BCUT2D eigenvalue weighted by Crippen LogP contribution is 2.26. The fourth-order valence-corrected chi connectivity index (χ4v) is 2.31. The van der Waals surface area contributed by atoms with E-state index in [9.17, 15) is 8.78 Å². The molecule has 2 aromatic rings. The Labute approximate surface area is 126 Å². The van der Waals surface area contributed by atoms with Gasteiger partial charge in [-0.25, -0.2) is 0 Å². The van der Waals surface area contributed by atoms with Gasteiger partial charge in [0.05, 0.1) is 25.1 Å². The van der Waals surface area contributed by atoms with E-state index in [4.69, 9.17) is 9.15 Å². The fraction of sp³-hybridized carbons (Fsp3) is 0.333. The summed E-state index contributed by atoms with van der Waals surface area (Å²) in [6, 6.07) is 9.37. The predicted molar refractivity (Wildman–Crippen MR) is 81.1 cm³/mol. The van der Waals surface area contributed by atoms with Crippen LogP contribution in [0.4, 0.5) is 14.5 Å². The molecule has 1 aromatic heterocycles. The highest BCUT2D eigenvalue weighted by molar-refractivity contribution is 7.98. The lowest BCUT2D eigenvalue weighted by molar-refractivity contribution is 0.251. The van der Waals surface area contributed by atoms with Crippen LogP contribution in [0.3, 0.4) is 0 Å². The van der Waals surface area contributed by atoms with E-state index in [1.165, 1.54) is 0 Å². The summed E-state index contributed by atoms with van der Waals surface area (Å²) in [5, 5.41) is 3.21. The van der Waals surface area contributed by atoms with Crippen LogP contribution < -0.4 is 10.1 Å². The third kappa shape index (κ3) is 4.67. The molecule has 114 valence electrons. The maximum Gasteiger partial charge on any atom is 0.284 e. The van der Waals surface area contributed by atoms with Crippen LogP contribution in [0.25, 0.3) is 0 Å². The molecule has 0 amide bonds. The van der Waals surface area contributed by atoms with Crippen LogP contribution in [0.5, 0.6) is 5.75 Å². The zero-order valence-corrected chi connectivity index (χ0v) is 12.7. The van der Waals surface area contributed by atoms with Gasteiger partial charge in [0.2, 0.25) is 0 Å². The van der Waals surface area contributed by atoms with Gasteiger partial charge in [-0.05, 0) is 36.8 Å². The van der Waals surface area contributed by atoms with Crippen molar-refractivity contribution in [2.75, 3.05) is 12.4 Å². The quantitative estimate of drug-likeness (QED) is 0.806. The molecule has 2 rings (SSSR count). The molecule has 0 atom stereocenters. The Morgan fingerprint density at radius 1 is 1.24 bits per heavy atom. The van der Waals surface area contributed by atoms with Crippen molar-refractivity contribution in [3.05, 3.63) is 47.4 Å². The third-order valence-electron chi connectivity index (χ3n) is 2.88. The second kappa shape index (κ2) is 7.36. The highest BCUT2D eigenvalue weighted by atomic mass is 32.2. The summed E-state index contributed by atoms with van der Waals surface area (Å²) in [6.45, 7) is 2.46. The minimum absolute atomic E-state index is 0.172. The fourth-order valence-electron chi connectivity index (χ4n) is 1.87. The molecular formula is C15H17F2NO2S. The van der Waals surface area contributed by atoms with Gasteiger partial charge in [0, 0.05) is 0 Å². The van der Waals surface area contributed by atoms with E-state index in [-0.39, 0.29) is 5.75 Å². The number of ether oxygens (including phenoxy) is 1. The molecule has 1 aromatic carbocycles. The third-order valence-corrected chi connectivity index (χ3v) is 3.58. The van der Waals surface area contributed by atoms with E-state index in [2.05, 4.69) is 5.32 Å². The Morgan fingerprint density at radius 3 is 2.71 bits per heavy atom. The van der Waals surface area contributed by atoms with Crippen molar-refractivity contribution in [3.8, 4) is 5.75 Å². The molecule has 6 heteroatoms. The molecule has 3 nitrogen and oxygen atoms in total. The molecule has 0 saturated heterocycles. The lowest BCUT2D eigenvalue weighted by Crippen LogP contribution is -2.00. The first kappa shape index (κ1) is 15.7. The van der Waals surface area contributed by atoms with Crippen molar-refractivity contribution in [1.29, 1.82) is 0 Å². The SMILES string of the molecule is COc1cc(C)ccc1NCc1ccc(CSC(F)F)o1. The van der Waals surface area contributed by atoms with Crippen molar-refractivity contribution >= 4 is 17.4 Å². The average Bonchev–Trinajstić information content (AvgIpc) is 2.91. The van der Waals surface area contributed by atoms with E-state index in [0.29, 0.717) is 29.8 Å². The van der Waals surface area contributed by atoms with E-state index >= 15 is 0 Å². The second-order valence-electron chi connectivity index (χ2n) is 4.50. The number of thioether (sulfide) groups is 1. The van der Waals surface area contributed by atoms with Gasteiger partial charge >= 0.3 is 0 Å². The van der Waals surface area contributed by atoms with Gasteiger partial charge in [-0.1, -0.05) is 17.8 Å². The van der Waals surface area contributed by atoms with Crippen LogP contribution in [0, 0.1) is 6.92 Å². The number of nitrogens with one attached hydrogen (secondary N) is 1. The highest BCUT2D eigenvalue weighted by Gasteiger charge is 2.08. The topological polar surface area (TPSA) is 34.4 Å². The summed E-state index contributed by atoms with van der Waals surface area (Å²) in [7, 11) is 1.62. The van der Waals surface area contributed by atoms with Crippen molar-refractivity contribution in [1.82, 2.24) is 0 Å². The van der Waals surface area contributed by atoms with Gasteiger partial charge in [0.15, 0.2) is 0 Å². The van der Waals surface area contributed by atoms with Crippen molar-refractivity contribution in [3.63, 3.8) is 0 Å². The minimum atomic E-state index is -2.38. The molecule has 0 radical (unpaired) electrons. The van der Waals surface area contributed by atoms with E-state index in [0.717, 1.165) is 17.0 Å². The lowest BCUT2D eigenvalue weighted by atomic mass is 10.2. The van der Waals surface area contributed by atoms with E-state index in [1.807, 2.05) is 25.1 Å². The number of rotatable bonds is 7. The van der Waals surface area contributed by atoms with Crippen molar-refractivity contribution in [2.24, 2.45) is 0 Å². The zero-order valence-electron chi connectivity index (χ0n) is 11.9. The normalized spacial score (nSPS) is 10.9. The van der Waals surface area contributed by atoms with Gasteiger partial charge in [-0.2, -0.15) is 8.78 Å². The van der Waals surface area contributed by atoms with Crippen LogP contribution in [0.2, 0.25) is 0 Å². The Kier molecular flexibility index (Phi) is 5.50.